The Morgan fingerprint density at radius 1 is 1.05 bits per heavy atom. The lowest BCUT2D eigenvalue weighted by molar-refractivity contribution is -0.123. The summed E-state index contributed by atoms with van der Waals surface area (Å²) in [6.45, 7) is 0.0116. The molecule has 6 heteroatoms. The van der Waals surface area contributed by atoms with Gasteiger partial charge in [0.2, 0.25) is 0 Å². The smallest absolute Gasteiger partial charge is 0.257 e. The van der Waals surface area contributed by atoms with Crippen molar-refractivity contribution in [1.29, 1.82) is 0 Å². The first-order valence-corrected chi connectivity index (χ1v) is 6.63. The number of rotatable bonds is 6. The summed E-state index contributed by atoms with van der Waals surface area (Å²) in [5.41, 5.74) is 0.574. The van der Waals surface area contributed by atoms with Crippen LogP contribution in [0.5, 0.6) is 5.75 Å². The Kier molecular flexibility index (Phi) is 5.41. The molecule has 1 N–H and O–H groups in total. The molecule has 0 aliphatic rings. The average Bonchev–Trinajstić information content (AvgIpc) is 2.49. The molecule has 2 aromatic rings. The molecule has 0 aliphatic carbocycles. The number of hydrogen-bond donors (Lipinski definition) is 1. The number of carbonyl (C=O) groups is 1. The Labute approximate surface area is 125 Å². The number of nitrogens with one attached hydrogen (secondary N) is 1. The van der Waals surface area contributed by atoms with Gasteiger partial charge < -0.3 is 10.1 Å². The topological polar surface area (TPSA) is 38.3 Å². The molecule has 0 bridgehead atoms. The normalized spacial score (nSPS) is 10.3. The predicted octanol–water partition coefficient (Wildman–Crippen LogP) is 2.84. The predicted molar refractivity (Wildman–Crippen MR) is 75.0 cm³/mol. The first kappa shape index (κ1) is 15.9. The Morgan fingerprint density at radius 2 is 1.86 bits per heavy atom. The lowest BCUT2D eigenvalue weighted by Gasteiger charge is -2.08. The van der Waals surface area contributed by atoms with E-state index in [9.17, 15) is 18.0 Å². The molecule has 1 amide bonds. The van der Waals surface area contributed by atoms with E-state index in [0.717, 1.165) is 12.1 Å². The Bertz CT molecular complexity index is 662. The van der Waals surface area contributed by atoms with Gasteiger partial charge in [0.05, 0.1) is 0 Å². The summed E-state index contributed by atoms with van der Waals surface area (Å²) in [5, 5.41) is 2.58. The van der Waals surface area contributed by atoms with Crippen molar-refractivity contribution in [3.63, 3.8) is 0 Å². The van der Waals surface area contributed by atoms with Crippen LogP contribution in [0, 0.1) is 17.5 Å². The first-order chi connectivity index (χ1) is 10.5. The number of benzene rings is 2. The van der Waals surface area contributed by atoms with Gasteiger partial charge in [0.15, 0.2) is 18.2 Å². The van der Waals surface area contributed by atoms with E-state index in [1.165, 1.54) is 30.3 Å². The zero-order valence-electron chi connectivity index (χ0n) is 11.6. The van der Waals surface area contributed by atoms with Gasteiger partial charge in [-0.1, -0.05) is 12.1 Å². The van der Waals surface area contributed by atoms with E-state index in [1.54, 1.807) is 0 Å². The van der Waals surface area contributed by atoms with Gasteiger partial charge in [-0.15, -0.1) is 0 Å². The van der Waals surface area contributed by atoms with Crippen molar-refractivity contribution in [2.75, 3.05) is 13.2 Å². The molecular weight excluding hydrogens is 295 g/mol. The van der Waals surface area contributed by atoms with E-state index in [4.69, 9.17) is 4.74 Å². The van der Waals surface area contributed by atoms with E-state index >= 15 is 0 Å². The summed E-state index contributed by atoms with van der Waals surface area (Å²) >= 11 is 0. The SMILES string of the molecule is O=C(COc1cccc(F)c1)NCCc1ccc(F)c(F)c1. The van der Waals surface area contributed by atoms with Crippen LogP contribution in [0.3, 0.4) is 0 Å². The van der Waals surface area contributed by atoms with Crippen LogP contribution in [0.15, 0.2) is 42.5 Å². The molecule has 0 unspecified atom stereocenters. The number of amides is 1. The minimum atomic E-state index is -0.918. The molecule has 0 aliphatic heterocycles. The van der Waals surface area contributed by atoms with Crippen molar-refractivity contribution in [3.8, 4) is 5.75 Å². The standard InChI is InChI=1S/C16H14F3NO2/c17-12-2-1-3-13(9-12)22-10-16(21)20-7-6-11-4-5-14(18)15(19)8-11/h1-5,8-9H,6-7,10H2,(H,20,21). The molecule has 0 aromatic heterocycles. The third-order valence-electron chi connectivity index (χ3n) is 2.89. The number of hydrogen-bond acceptors (Lipinski definition) is 2. The summed E-state index contributed by atoms with van der Waals surface area (Å²) in [6, 6.07) is 9.05. The highest BCUT2D eigenvalue weighted by molar-refractivity contribution is 5.77. The molecule has 0 saturated heterocycles. The quantitative estimate of drug-likeness (QED) is 0.891. The molecule has 0 fully saturated rings. The molecule has 22 heavy (non-hydrogen) atoms. The highest BCUT2D eigenvalue weighted by atomic mass is 19.2. The van der Waals surface area contributed by atoms with Crippen molar-refractivity contribution in [2.24, 2.45) is 0 Å². The Morgan fingerprint density at radius 3 is 2.59 bits per heavy atom. The molecule has 0 radical (unpaired) electrons. The van der Waals surface area contributed by atoms with E-state index in [2.05, 4.69) is 5.32 Å². The van der Waals surface area contributed by atoms with E-state index in [-0.39, 0.29) is 24.8 Å². The summed E-state index contributed by atoms with van der Waals surface area (Å²) in [7, 11) is 0. The monoisotopic (exact) mass is 309 g/mol. The maximum atomic E-state index is 13.0. The van der Waals surface area contributed by atoms with Gasteiger partial charge in [0.1, 0.15) is 11.6 Å². The maximum absolute atomic E-state index is 13.0. The van der Waals surface area contributed by atoms with Crippen molar-refractivity contribution < 1.29 is 22.7 Å². The molecule has 3 nitrogen and oxygen atoms in total. The fourth-order valence-electron chi connectivity index (χ4n) is 1.80. The van der Waals surface area contributed by atoms with Gasteiger partial charge in [0, 0.05) is 12.6 Å². The lowest BCUT2D eigenvalue weighted by Crippen LogP contribution is -2.30. The van der Waals surface area contributed by atoms with Crippen molar-refractivity contribution in [3.05, 3.63) is 65.5 Å². The third kappa shape index (κ3) is 4.80. The minimum Gasteiger partial charge on any atom is -0.484 e. The largest absolute Gasteiger partial charge is 0.484 e. The van der Waals surface area contributed by atoms with Crippen LogP contribution in [0.25, 0.3) is 0 Å². The maximum Gasteiger partial charge on any atom is 0.257 e. The number of carbonyl (C=O) groups excluding carboxylic acids is 1. The average molecular weight is 309 g/mol. The van der Waals surface area contributed by atoms with E-state index in [1.807, 2.05) is 0 Å². The van der Waals surface area contributed by atoms with Crippen molar-refractivity contribution >= 4 is 5.91 Å². The van der Waals surface area contributed by atoms with Gasteiger partial charge in [-0.2, -0.15) is 0 Å². The molecule has 2 rings (SSSR count). The van der Waals surface area contributed by atoms with E-state index in [0.29, 0.717) is 12.0 Å². The molecular formula is C16H14F3NO2. The number of halogens is 3. The fourth-order valence-corrected chi connectivity index (χ4v) is 1.80. The molecule has 0 heterocycles. The minimum absolute atomic E-state index is 0.249. The third-order valence-corrected chi connectivity index (χ3v) is 2.89. The molecule has 0 spiro atoms. The Hall–Kier alpha value is -2.50. The second-order valence-electron chi connectivity index (χ2n) is 4.59. The highest BCUT2D eigenvalue weighted by Gasteiger charge is 2.05. The first-order valence-electron chi connectivity index (χ1n) is 6.63. The van der Waals surface area contributed by atoms with Crippen LogP contribution in [0.4, 0.5) is 13.2 Å². The summed E-state index contributed by atoms with van der Waals surface area (Å²) < 4.78 is 43.8. The van der Waals surface area contributed by atoms with Crippen LogP contribution < -0.4 is 10.1 Å². The van der Waals surface area contributed by atoms with Crippen LogP contribution in [-0.4, -0.2) is 19.1 Å². The second-order valence-corrected chi connectivity index (χ2v) is 4.59. The van der Waals surface area contributed by atoms with Crippen LogP contribution in [-0.2, 0) is 11.2 Å². The highest BCUT2D eigenvalue weighted by Crippen LogP contribution is 2.11. The summed E-state index contributed by atoms with van der Waals surface area (Å²) in [4.78, 5) is 11.5. The van der Waals surface area contributed by atoms with Crippen molar-refractivity contribution in [2.45, 2.75) is 6.42 Å². The lowest BCUT2D eigenvalue weighted by atomic mass is 10.1. The van der Waals surface area contributed by atoms with Gasteiger partial charge in [-0.05, 0) is 36.2 Å². The summed E-state index contributed by atoms with van der Waals surface area (Å²) in [5.74, 6) is -2.40. The fraction of sp³-hybridized carbons (Fsp3) is 0.188. The Balaban J connectivity index is 1.72. The van der Waals surface area contributed by atoms with Crippen LogP contribution >= 0.6 is 0 Å². The van der Waals surface area contributed by atoms with Gasteiger partial charge >= 0.3 is 0 Å². The molecule has 2 aromatic carbocycles. The zero-order valence-corrected chi connectivity index (χ0v) is 11.6. The van der Waals surface area contributed by atoms with Crippen LogP contribution in [0.2, 0.25) is 0 Å². The molecule has 0 saturated carbocycles. The van der Waals surface area contributed by atoms with Crippen molar-refractivity contribution in [1.82, 2.24) is 5.32 Å². The molecule has 0 atom stereocenters. The van der Waals surface area contributed by atoms with Gasteiger partial charge in [-0.3, -0.25) is 4.79 Å². The number of ether oxygens (including phenoxy) is 1. The zero-order chi connectivity index (χ0) is 15.9. The van der Waals surface area contributed by atoms with Crippen LogP contribution in [0.1, 0.15) is 5.56 Å². The summed E-state index contributed by atoms with van der Waals surface area (Å²) in [6.07, 6.45) is 0.364. The van der Waals surface area contributed by atoms with Gasteiger partial charge in [-0.25, -0.2) is 13.2 Å². The molecule has 116 valence electrons. The second kappa shape index (κ2) is 7.49. The van der Waals surface area contributed by atoms with E-state index < -0.39 is 17.5 Å². The van der Waals surface area contributed by atoms with Gasteiger partial charge in [0.25, 0.3) is 5.91 Å².